The van der Waals surface area contributed by atoms with E-state index in [4.69, 9.17) is 11.5 Å². The van der Waals surface area contributed by atoms with Crippen molar-refractivity contribution in [1.82, 2.24) is 9.55 Å². The van der Waals surface area contributed by atoms with Crippen LogP contribution >= 0.6 is 22.6 Å². The van der Waals surface area contributed by atoms with Gasteiger partial charge in [0.2, 0.25) is 0 Å². The second-order valence-electron chi connectivity index (χ2n) is 32.9. The smallest absolute Gasteiger partial charge is 0.269 e. The van der Waals surface area contributed by atoms with Crippen molar-refractivity contribution in [3.05, 3.63) is 216 Å². The summed E-state index contributed by atoms with van der Waals surface area (Å²) in [4.78, 5) is 24.6. The van der Waals surface area contributed by atoms with Crippen LogP contribution < -0.4 is 11.5 Å². The first-order valence-corrected chi connectivity index (χ1v) is 46.4. The molecule has 113 heavy (non-hydrogen) atoms. The maximum absolute atomic E-state index is 11.2. The van der Waals surface area contributed by atoms with Gasteiger partial charge >= 0.3 is 0 Å². The van der Waals surface area contributed by atoms with E-state index in [-0.39, 0.29) is 28.4 Å². The molecule has 1 saturated carbocycles. The highest BCUT2D eigenvalue weighted by molar-refractivity contribution is 14.1. The molecular formula is C102H143IN6O4. The van der Waals surface area contributed by atoms with Gasteiger partial charge in [-0.05, 0) is 228 Å². The first kappa shape index (κ1) is 91.3. The number of nitrogens with one attached hydrogen (secondary N) is 1. The summed E-state index contributed by atoms with van der Waals surface area (Å²) < 4.78 is 3.59. The van der Waals surface area contributed by atoms with E-state index in [0.29, 0.717) is 0 Å². The molecule has 0 unspecified atom stereocenters. The molecule has 5 N–H and O–H groups in total. The Labute approximate surface area is 695 Å². The molecule has 10 aromatic rings. The predicted octanol–water partition coefficient (Wildman–Crippen LogP) is 31.6. The van der Waals surface area contributed by atoms with Crippen molar-refractivity contribution in [3.63, 3.8) is 0 Å². The Bertz CT molecular complexity index is 4090. The topological polar surface area (TPSA) is 159 Å². The zero-order valence-electron chi connectivity index (χ0n) is 70.3. The maximum atomic E-state index is 11.2. The standard InChI is InChI=1S/C48H64N2O2.C36H57N.C12H8INO2.C6H14N2/c1-3-5-7-9-11-13-15-17-19-21-23-39-25-35-47-45(37-39)46-38-40(24-22-20-18-16-14-12-10-8-6-4-2)26-36-48(46)49(47)43-31-27-41(28-32-43)42-29-33-44(34-30-42)50(51)52;1-3-5-7-9-11-13-15-17-19-21-23-31-25-27-35-33(29-31)34-30-32(26-28-36(34)37-35)24-22-20-18-16-14-12-10-8-6-4-2;13-11-5-1-9(2-6-11)10-3-7-12(8-4-10)14(15)16;7-5-3-1-2-4-6(5)8/h25-38H,3-24H2,1-2H3;25-30,37H,3-24H2,1-2H3;1-8H;5-6H,1-4,7-8H2/t;;;5-,6-/m...1/s1. The lowest BCUT2D eigenvalue weighted by Crippen LogP contribution is -2.43. The lowest BCUT2D eigenvalue weighted by molar-refractivity contribution is -0.385. The molecule has 0 spiro atoms. The normalized spacial score (nSPS) is 13.4. The van der Waals surface area contributed by atoms with Gasteiger partial charge in [-0.1, -0.05) is 320 Å². The Balaban J connectivity index is 0.000000224. The van der Waals surface area contributed by atoms with Crippen molar-refractivity contribution < 1.29 is 9.85 Å². The number of benzene rings is 8. The second kappa shape index (κ2) is 53.9. The summed E-state index contributed by atoms with van der Waals surface area (Å²) in [6.07, 6.45) is 64.9. The number of rotatable bonds is 49. The van der Waals surface area contributed by atoms with Crippen molar-refractivity contribution >= 4 is 77.6 Å². The minimum atomic E-state index is -0.391. The van der Waals surface area contributed by atoms with Crippen molar-refractivity contribution in [2.24, 2.45) is 11.5 Å². The average Bonchev–Trinajstić information content (AvgIpc) is 1.61. The van der Waals surface area contributed by atoms with E-state index in [1.54, 1.807) is 24.3 Å². The summed E-state index contributed by atoms with van der Waals surface area (Å²) >= 11 is 2.24. The van der Waals surface area contributed by atoms with Crippen LogP contribution in [0.15, 0.2) is 170 Å². The Kier molecular flexibility index (Phi) is 43.5. The second-order valence-corrected chi connectivity index (χ2v) is 34.2. The first-order valence-electron chi connectivity index (χ1n) is 45.3. The molecule has 1 aliphatic carbocycles. The Morgan fingerprint density at radius 2 is 0.575 bits per heavy atom. The number of unbranched alkanes of at least 4 members (excludes halogenated alkanes) is 36. The zero-order chi connectivity index (χ0) is 79.9. The Morgan fingerprint density at radius 3 is 0.850 bits per heavy atom. The van der Waals surface area contributed by atoms with E-state index in [9.17, 15) is 20.2 Å². The van der Waals surface area contributed by atoms with Gasteiger partial charge in [-0.25, -0.2) is 0 Å². The number of nitro groups is 2. The number of nitrogens with zero attached hydrogens (tertiary/aromatic N) is 3. The lowest BCUT2D eigenvalue weighted by atomic mass is 9.92. The molecule has 11 heteroatoms. The lowest BCUT2D eigenvalue weighted by Gasteiger charge is -2.24. The minimum absolute atomic E-state index is 0.116. The first-order chi connectivity index (χ1) is 55.4. The van der Waals surface area contributed by atoms with Crippen molar-refractivity contribution in [1.29, 1.82) is 0 Å². The molecule has 2 atom stereocenters. The van der Waals surface area contributed by atoms with Crippen molar-refractivity contribution in [3.8, 4) is 27.9 Å². The predicted molar refractivity (Wildman–Crippen MR) is 497 cm³/mol. The zero-order valence-corrected chi connectivity index (χ0v) is 72.4. The van der Waals surface area contributed by atoms with E-state index >= 15 is 0 Å². The van der Waals surface area contributed by atoms with Gasteiger partial charge in [0.1, 0.15) is 0 Å². The van der Waals surface area contributed by atoms with E-state index in [0.717, 1.165) is 53.6 Å². The molecular weight excluding hydrogens is 1500 g/mol. The molecule has 11 rings (SSSR count). The van der Waals surface area contributed by atoms with Crippen LogP contribution in [0.5, 0.6) is 0 Å². The third kappa shape index (κ3) is 32.8. The number of hydrogen-bond acceptors (Lipinski definition) is 6. The SMILES string of the molecule is CCCCCCCCCCCCc1ccc2[nH]c3ccc(CCCCCCCCCCCC)cc3c2c1.CCCCCCCCCCCCc1ccc2c(c1)c1cc(CCCCCCCCCCCC)ccc1n2-c1ccc(-c2ccc([N+](=O)[O-])cc2)cc1.N[C@@H]1CCCC[C@H]1N.O=[N+]([O-])c1ccc(-c2ccc(I)cc2)cc1. The van der Waals surface area contributed by atoms with Gasteiger partial charge in [-0.15, -0.1) is 0 Å². The summed E-state index contributed by atoms with van der Waals surface area (Å²) in [6.45, 7) is 9.18. The summed E-state index contributed by atoms with van der Waals surface area (Å²) in [5.41, 5.74) is 27.7. The fraction of sp³-hybridized carbons (Fsp3) is 0.529. The van der Waals surface area contributed by atoms with Gasteiger partial charge in [-0.2, -0.15) is 0 Å². The van der Waals surface area contributed by atoms with Crippen LogP contribution in [-0.4, -0.2) is 31.5 Å². The van der Waals surface area contributed by atoms with Gasteiger partial charge in [0.05, 0.1) is 20.9 Å². The number of non-ortho nitro benzene ring substituents is 2. The Hall–Kier alpha value is -7.19. The van der Waals surface area contributed by atoms with Crippen LogP contribution in [0.4, 0.5) is 11.4 Å². The molecule has 10 nitrogen and oxygen atoms in total. The van der Waals surface area contributed by atoms with Crippen LogP contribution in [-0.2, 0) is 25.7 Å². The fourth-order valence-corrected chi connectivity index (χ4v) is 16.8. The van der Waals surface area contributed by atoms with Gasteiger partial charge in [0.25, 0.3) is 11.4 Å². The largest absolute Gasteiger partial charge is 0.355 e. The Morgan fingerprint density at radius 1 is 0.327 bits per heavy atom. The summed E-state index contributed by atoms with van der Waals surface area (Å²) in [7, 11) is 0. The van der Waals surface area contributed by atoms with E-state index < -0.39 is 4.92 Å². The molecule has 1 fully saturated rings. The molecule has 8 aromatic carbocycles. The molecule has 0 amide bonds. The monoisotopic (exact) mass is 1640 g/mol. The number of aromatic nitrogens is 2. The number of fused-ring (bicyclic) bond motifs is 6. The van der Waals surface area contributed by atoms with E-state index in [2.05, 4.69) is 157 Å². The number of nitro benzene ring substituents is 2. The van der Waals surface area contributed by atoms with Gasteiger partial charge in [0, 0.05) is 78.2 Å². The molecule has 2 aromatic heterocycles. The van der Waals surface area contributed by atoms with E-state index in [1.165, 1.54) is 364 Å². The fourth-order valence-electron chi connectivity index (χ4n) is 16.5. The van der Waals surface area contributed by atoms with Crippen LogP contribution in [0.2, 0.25) is 0 Å². The van der Waals surface area contributed by atoms with Crippen molar-refractivity contribution in [2.75, 3.05) is 0 Å². The number of hydrogen-bond donors (Lipinski definition) is 3. The van der Waals surface area contributed by atoms with Crippen LogP contribution in [0, 0.1) is 23.8 Å². The summed E-state index contributed by atoms with van der Waals surface area (Å²) in [5.74, 6) is 0. The number of halogens is 1. The van der Waals surface area contributed by atoms with Crippen molar-refractivity contribution in [2.45, 2.75) is 348 Å². The van der Waals surface area contributed by atoms with Crippen LogP contribution in [0.3, 0.4) is 0 Å². The van der Waals surface area contributed by atoms with Gasteiger partial charge < -0.3 is 21.0 Å². The molecule has 0 radical (unpaired) electrons. The molecule has 1 aliphatic rings. The van der Waals surface area contributed by atoms with Gasteiger partial charge in [0.15, 0.2) is 0 Å². The molecule has 0 saturated heterocycles. The van der Waals surface area contributed by atoms with Crippen LogP contribution in [0.1, 0.15) is 332 Å². The number of aromatic amines is 1. The maximum Gasteiger partial charge on any atom is 0.269 e. The highest BCUT2D eigenvalue weighted by atomic mass is 127. The average molecular weight is 1640 g/mol. The third-order valence-corrected chi connectivity index (χ3v) is 24.3. The van der Waals surface area contributed by atoms with Crippen LogP contribution in [0.25, 0.3) is 71.6 Å². The highest BCUT2D eigenvalue weighted by Crippen LogP contribution is 2.36. The van der Waals surface area contributed by atoms with Gasteiger partial charge in [-0.3, -0.25) is 20.2 Å². The summed E-state index contributed by atoms with van der Waals surface area (Å²) in [6, 6.07) is 59.2. The van der Waals surface area contributed by atoms with E-state index in [1.807, 2.05) is 36.4 Å². The highest BCUT2D eigenvalue weighted by Gasteiger charge is 2.18. The number of nitrogens with two attached hydrogens (primary N) is 2. The number of aryl methyl sites for hydroxylation is 4. The quantitative estimate of drug-likeness (QED) is 0.0149. The number of H-pyrrole nitrogens is 1. The third-order valence-electron chi connectivity index (χ3n) is 23.6. The molecule has 612 valence electrons. The molecule has 0 bridgehead atoms. The molecule has 2 heterocycles. The molecule has 0 aliphatic heterocycles. The minimum Gasteiger partial charge on any atom is -0.355 e. The summed E-state index contributed by atoms with van der Waals surface area (Å²) in [5, 5.41) is 27.2.